The lowest BCUT2D eigenvalue weighted by Gasteiger charge is -2.36. The number of carbonyl (C=O) groups excluding carboxylic acids is 1. The topological polar surface area (TPSA) is 68.0 Å². The van der Waals surface area contributed by atoms with Crippen molar-refractivity contribution in [3.05, 3.63) is 30.3 Å². The number of benzene rings is 1. The highest BCUT2D eigenvalue weighted by Gasteiger charge is 2.25. The molecule has 1 aromatic carbocycles. The Bertz CT molecular complexity index is 433. The van der Waals surface area contributed by atoms with Crippen molar-refractivity contribution in [1.29, 1.82) is 0 Å². The van der Waals surface area contributed by atoms with Gasteiger partial charge in [0.05, 0.1) is 6.61 Å². The van der Waals surface area contributed by atoms with Crippen LogP contribution in [0.2, 0.25) is 0 Å². The summed E-state index contributed by atoms with van der Waals surface area (Å²) >= 11 is 0. The minimum atomic E-state index is -0.715. The molecule has 6 nitrogen and oxygen atoms in total. The number of hydrogen-bond acceptors (Lipinski definition) is 6. The lowest BCUT2D eigenvalue weighted by molar-refractivity contribution is -0.158. The Balaban J connectivity index is 1.82. The van der Waals surface area contributed by atoms with Crippen LogP contribution in [0.5, 0.6) is 0 Å². The van der Waals surface area contributed by atoms with Crippen LogP contribution in [0, 0.1) is 0 Å². The van der Waals surface area contributed by atoms with E-state index in [1.807, 2.05) is 18.2 Å². The Labute approximate surface area is 125 Å². The van der Waals surface area contributed by atoms with E-state index < -0.39 is 12.1 Å². The largest absolute Gasteiger partial charge is 0.464 e. The third kappa shape index (κ3) is 4.42. The lowest BCUT2D eigenvalue weighted by Crippen LogP contribution is -2.50. The standard InChI is InChI=1S/C15H23N3O3/c1-2-20-15(19)14(21-16)12-17-8-10-18(11-9-17)13-6-4-3-5-7-13/h3-7,14H,2,8-12,16H2,1H3. The molecule has 6 heteroatoms. The fourth-order valence-electron chi connectivity index (χ4n) is 2.47. The number of carbonyl (C=O) groups is 1. The van der Waals surface area contributed by atoms with Crippen LogP contribution in [0.4, 0.5) is 5.69 Å². The van der Waals surface area contributed by atoms with Gasteiger partial charge >= 0.3 is 5.97 Å². The van der Waals surface area contributed by atoms with Crippen LogP contribution in [0.15, 0.2) is 30.3 Å². The molecule has 2 N–H and O–H groups in total. The van der Waals surface area contributed by atoms with E-state index in [1.165, 1.54) is 5.69 Å². The molecule has 21 heavy (non-hydrogen) atoms. The fourth-order valence-corrected chi connectivity index (χ4v) is 2.47. The van der Waals surface area contributed by atoms with Crippen molar-refractivity contribution in [2.24, 2.45) is 5.90 Å². The first-order valence-corrected chi connectivity index (χ1v) is 7.29. The van der Waals surface area contributed by atoms with E-state index in [2.05, 4.69) is 21.9 Å². The Hall–Kier alpha value is -1.63. The van der Waals surface area contributed by atoms with Crippen molar-refractivity contribution in [3.8, 4) is 0 Å². The molecule has 1 aliphatic rings. The number of para-hydroxylation sites is 1. The zero-order valence-corrected chi connectivity index (χ0v) is 12.4. The van der Waals surface area contributed by atoms with Gasteiger partial charge in [-0.3, -0.25) is 9.74 Å². The molecule has 0 aliphatic carbocycles. The Morgan fingerprint density at radius 1 is 1.24 bits per heavy atom. The van der Waals surface area contributed by atoms with Crippen molar-refractivity contribution < 1.29 is 14.4 Å². The van der Waals surface area contributed by atoms with Crippen LogP contribution in [-0.4, -0.2) is 56.3 Å². The molecule has 0 radical (unpaired) electrons. The van der Waals surface area contributed by atoms with E-state index in [0.717, 1.165) is 26.2 Å². The highest BCUT2D eigenvalue weighted by atomic mass is 16.6. The Kier molecular flexibility index (Phi) is 5.98. The fraction of sp³-hybridized carbons (Fsp3) is 0.533. The summed E-state index contributed by atoms with van der Waals surface area (Å²) in [5.74, 6) is 4.80. The minimum Gasteiger partial charge on any atom is -0.464 e. The normalized spacial score (nSPS) is 17.5. The molecule has 1 unspecified atom stereocenters. The molecule has 1 heterocycles. The molecule has 1 aliphatic heterocycles. The summed E-state index contributed by atoms with van der Waals surface area (Å²) in [5, 5.41) is 0. The number of nitrogens with two attached hydrogens (primary N) is 1. The van der Waals surface area contributed by atoms with Gasteiger partial charge < -0.3 is 9.64 Å². The molecule has 1 aromatic rings. The van der Waals surface area contributed by atoms with Crippen LogP contribution in [0.3, 0.4) is 0 Å². The number of anilines is 1. The van der Waals surface area contributed by atoms with Crippen molar-refractivity contribution in [3.63, 3.8) is 0 Å². The van der Waals surface area contributed by atoms with Gasteiger partial charge in [-0.15, -0.1) is 0 Å². The van der Waals surface area contributed by atoms with Gasteiger partial charge in [-0.05, 0) is 19.1 Å². The van der Waals surface area contributed by atoms with E-state index in [-0.39, 0.29) is 0 Å². The third-order valence-corrected chi connectivity index (χ3v) is 3.63. The highest BCUT2D eigenvalue weighted by molar-refractivity contribution is 5.74. The number of hydrogen-bond donors (Lipinski definition) is 1. The average molecular weight is 293 g/mol. The van der Waals surface area contributed by atoms with E-state index in [1.54, 1.807) is 6.92 Å². The molecular formula is C15H23N3O3. The first kappa shape index (κ1) is 15.8. The molecule has 0 aromatic heterocycles. The summed E-state index contributed by atoms with van der Waals surface area (Å²) in [6.45, 7) is 6.15. The van der Waals surface area contributed by atoms with Crippen LogP contribution >= 0.6 is 0 Å². The van der Waals surface area contributed by atoms with Crippen molar-refractivity contribution in [1.82, 2.24) is 4.90 Å². The number of piperazine rings is 1. The molecule has 1 saturated heterocycles. The van der Waals surface area contributed by atoms with Crippen LogP contribution < -0.4 is 10.8 Å². The SMILES string of the molecule is CCOC(=O)C(CN1CCN(c2ccccc2)CC1)ON. The highest BCUT2D eigenvalue weighted by Crippen LogP contribution is 2.15. The second-order valence-corrected chi connectivity index (χ2v) is 5.00. The van der Waals surface area contributed by atoms with E-state index in [9.17, 15) is 4.79 Å². The van der Waals surface area contributed by atoms with Crippen molar-refractivity contribution in [2.75, 3.05) is 44.2 Å². The maximum Gasteiger partial charge on any atom is 0.338 e. The first-order valence-electron chi connectivity index (χ1n) is 7.29. The number of nitrogens with zero attached hydrogens (tertiary/aromatic N) is 2. The minimum absolute atomic E-state index is 0.334. The molecule has 116 valence electrons. The summed E-state index contributed by atoms with van der Waals surface area (Å²) < 4.78 is 4.95. The maximum atomic E-state index is 11.7. The first-order chi connectivity index (χ1) is 10.2. The van der Waals surface area contributed by atoms with Gasteiger partial charge in [-0.1, -0.05) is 18.2 Å². The van der Waals surface area contributed by atoms with Gasteiger partial charge in [0.15, 0.2) is 6.10 Å². The van der Waals surface area contributed by atoms with Gasteiger partial charge in [-0.25, -0.2) is 10.7 Å². The quantitative estimate of drug-likeness (QED) is 0.613. The Morgan fingerprint density at radius 3 is 2.48 bits per heavy atom. The maximum absolute atomic E-state index is 11.7. The summed E-state index contributed by atoms with van der Waals surface area (Å²) in [4.78, 5) is 20.9. The summed E-state index contributed by atoms with van der Waals surface area (Å²) in [6, 6.07) is 10.3. The van der Waals surface area contributed by atoms with Gasteiger partial charge in [0, 0.05) is 38.4 Å². The summed E-state index contributed by atoms with van der Waals surface area (Å²) in [5.41, 5.74) is 1.23. The van der Waals surface area contributed by atoms with Crippen molar-refractivity contribution in [2.45, 2.75) is 13.0 Å². The predicted molar refractivity (Wildman–Crippen MR) is 80.8 cm³/mol. The monoisotopic (exact) mass is 293 g/mol. The zero-order chi connectivity index (χ0) is 15.1. The van der Waals surface area contributed by atoms with Gasteiger partial charge in [0.1, 0.15) is 0 Å². The molecule has 1 fully saturated rings. The molecule has 1 atom stereocenters. The van der Waals surface area contributed by atoms with E-state index in [4.69, 9.17) is 15.5 Å². The second-order valence-electron chi connectivity index (χ2n) is 5.00. The number of ether oxygens (including phenoxy) is 1. The van der Waals surface area contributed by atoms with Crippen molar-refractivity contribution >= 4 is 11.7 Å². The van der Waals surface area contributed by atoms with Crippen LogP contribution in [-0.2, 0) is 14.4 Å². The van der Waals surface area contributed by atoms with Crippen LogP contribution in [0.1, 0.15) is 6.92 Å². The second kappa shape index (κ2) is 7.97. The summed E-state index contributed by atoms with van der Waals surface area (Å²) in [6.07, 6.45) is -0.715. The van der Waals surface area contributed by atoms with Gasteiger partial charge in [0.25, 0.3) is 0 Å². The van der Waals surface area contributed by atoms with Gasteiger partial charge in [-0.2, -0.15) is 0 Å². The average Bonchev–Trinajstić information content (AvgIpc) is 2.54. The molecular weight excluding hydrogens is 270 g/mol. The molecule has 0 saturated carbocycles. The predicted octanol–water partition coefficient (Wildman–Crippen LogP) is 0.631. The Morgan fingerprint density at radius 2 is 1.90 bits per heavy atom. The number of rotatable bonds is 6. The molecule has 0 spiro atoms. The van der Waals surface area contributed by atoms with E-state index in [0.29, 0.717) is 13.2 Å². The van der Waals surface area contributed by atoms with Crippen LogP contribution in [0.25, 0.3) is 0 Å². The lowest BCUT2D eigenvalue weighted by atomic mass is 10.2. The van der Waals surface area contributed by atoms with Gasteiger partial charge in [0.2, 0.25) is 0 Å². The summed E-state index contributed by atoms with van der Waals surface area (Å²) in [7, 11) is 0. The molecule has 2 rings (SSSR count). The smallest absolute Gasteiger partial charge is 0.338 e. The van der Waals surface area contributed by atoms with E-state index >= 15 is 0 Å². The molecule has 0 amide bonds. The zero-order valence-electron chi connectivity index (χ0n) is 12.4. The third-order valence-electron chi connectivity index (χ3n) is 3.63. The number of esters is 1. The molecule has 0 bridgehead atoms.